The quantitative estimate of drug-likeness (QED) is 0.0530. The predicted octanol–water partition coefficient (Wildman–Crippen LogP) is 11.7. The monoisotopic (exact) mass is 941 g/mol. The van der Waals surface area contributed by atoms with Crippen molar-refractivity contribution in [2.45, 2.75) is 238 Å². The summed E-state index contributed by atoms with van der Waals surface area (Å²) < 4.78 is 0. The molecule has 389 valence electrons. The number of guanidine groups is 1. The number of benzene rings is 2. The molecule has 0 saturated carbocycles. The Morgan fingerprint density at radius 1 is 0.582 bits per heavy atom. The number of nitrogens with two attached hydrogens (primary N) is 2. The average Bonchev–Trinajstić information content (AvgIpc) is 3.36. The van der Waals surface area contributed by atoms with Gasteiger partial charge >= 0.3 is 0 Å². The number of unbranched alkanes of at least 4 members (excludes halogenated alkanes) is 3. The van der Waals surface area contributed by atoms with Crippen LogP contribution >= 0.6 is 0 Å². The van der Waals surface area contributed by atoms with Gasteiger partial charge in [0.05, 0.1) is 12.1 Å². The molecule has 2 aromatic carbocycles. The first-order chi connectivity index (χ1) is 32.4. The summed E-state index contributed by atoms with van der Waals surface area (Å²) in [6.45, 7) is 37.7. The maximum absolute atomic E-state index is 13.9. The summed E-state index contributed by atoms with van der Waals surface area (Å²) in [6.07, 6.45) is 11.2. The lowest BCUT2D eigenvalue weighted by Crippen LogP contribution is -2.58. The van der Waals surface area contributed by atoms with Crippen molar-refractivity contribution in [2.24, 2.45) is 16.5 Å². The first-order valence-corrected chi connectivity index (χ1v) is 26.5. The van der Waals surface area contributed by atoms with Crippen LogP contribution in [0.1, 0.15) is 199 Å². The molecule has 4 unspecified atom stereocenters. The molecule has 3 rings (SSSR count). The number of carbonyl (C=O) groups excluding carboxylic acids is 4. The topological polar surface area (TPSA) is 181 Å². The van der Waals surface area contributed by atoms with Gasteiger partial charge in [0.2, 0.25) is 17.7 Å². The second-order valence-electron chi connectivity index (χ2n) is 14.6. The van der Waals surface area contributed by atoms with Gasteiger partial charge in [-0.3, -0.25) is 24.2 Å². The molecule has 1 fully saturated rings. The van der Waals surface area contributed by atoms with Gasteiger partial charge in [-0.1, -0.05) is 229 Å². The summed E-state index contributed by atoms with van der Waals surface area (Å²) in [5, 5.41) is 12.0. The van der Waals surface area contributed by atoms with E-state index in [0.29, 0.717) is 38.4 Å². The van der Waals surface area contributed by atoms with E-state index in [0.717, 1.165) is 16.7 Å². The van der Waals surface area contributed by atoms with Crippen LogP contribution in [0.2, 0.25) is 12.6 Å². The van der Waals surface area contributed by atoms with E-state index in [9.17, 15) is 19.2 Å². The second kappa shape index (κ2) is 57.9. The maximum Gasteiger partial charge on any atom is 0.243 e. The SMILES string of the molecule is CC.CC.CC.CC.CC.CCC.CCC1NC(=O)C(CCCN=C(N)N)NC(=O)C(Cc2ccccc2)NC(=O)C(Cc2ccc(C)cc2)NCC[B]CCC1=O.CCCC.CCCCC. The minimum atomic E-state index is -0.965. The van der Waals surface area contributed by atoms with Crippen LogP contribution in [0.4, 0.5) is 0 Å². The van der Waals surface area contributed by atoms with E-state index in [2.05, 4.69) is 67.8 Å². The first kappa shape index (κ1) is 74.4. The van der Waals surface area contributed by atoms with Gasteiger partial charge in [0.15, 0.2) is 11.7 Å². The minimum absolute atomic E-state index is 0.0646. The molecule has 1 heterocycles. The molecule has 1 aliphatic rings. The zero-order valence-corrected chi connectivity index (χ0v) is 46.6. The number of amides is 3. The van der Waals surface area contributed by atoms with Gasteiger partial charge in [-0.15, -0.1) is 0 Å². The molecule has 1 aliphatic heterocycles. The third kappa shape index (κ3) is 44.1. The normalized spacial score (nSPS) is 16.7. The summed E-state index contributed by atoms with van der Waals surface area (Å²) >= 11 is 0. The highest BCUT2D eigenvalue weighted by molar-refractivity contribution is 6.36. The number of aliphatic imine (C=N–C) groups is 1. The van der Waals surface area contributed by atoms with Crippen molar-refractivity contribution in [1.29, 1.82) is 0 Å². The highest BCUT2D eigenvalue weighted by atomic mass is 16.2. The van der Waals surface area contributed by atoms with Crippen LogP contribution in [-0.2, 0) is 32.0 Å². The summed E-state index contributed by atoms with van der Waals surface area (Å²) in [4.78, 5) is 58.1. The molecule has 3 amide bonds. The van der Waals surface area contributed by atoms with Gasteiger partial charge in [-0.25, -0.2) is 0 Å². The molecule has 2 aromatic rings. The standard InChI is InChI=1S/C33H47BN7O4.C5H12.C4H10.C3H8.5C2H6/c1-3-25-29(42)15-16-34-17-19-37-27(20-24-13-11-22(2)12-14-24)31(44)41-28(21-23-8-5-4-6-9-23)32(45)40-26(30(43)39-25)10-7-18-38-33(35)36;1-3-5-4-2;1-3-4-2;1-3-2;5*1-2/h4-6,8-9,11-14,25-28,37H,3,7,10,15-21H2,1-2H3,(H,39,43)(H,40,45)(H,41,44)(H4,35,36,38);3-5H2,1-2H3;3-4H2,1-2H3;3H2,1-2H3;5*1-2H3. The Hall–Kier alpha value is -4.19. The lowest BCUT2D eigenvalue weighted by molar-refractivity contribution is -0.133. The Labute approximate surface area is 415 Å². The van der Waals surface area contributed by atoms with Crippen LogP contribution in [-0.4, -0.2) is 74.0 Å². The Morgan fingerprint density at radius 2 is 1.03 bits per heavy atom. The van der Waals surface area contributed by atoms with Gasteiger partial charge < -0.3 is 32.7 Å². The van der Waals surface area contributed by atoms with Crippen molar-refractivity contribution in [3.63, 3.8) is 0 Å². The minimum Gasteiger partial charge on any atom is -0.370 e. The molecule has 1 saturated heterocycles. The molecular formula is C55H107BN7O4. The van der Waals surface area contributed by atoms with Crippen LogP contribution < -0.4 is 32.7 Å². The Morgan fingerprint density at radius 3 is 1.49 bits per heavy atom. The number of nitrogens with one attached hydrogen (secondary N) is 4. The molecule has 0 aliphatic carbocycles. The van der Waals surface area contributed by atoms with E-state index in [1.165, 1.54) is 38.5 Å². The lowest BCUT2D eigenvalue weighted by atomic mass is 9.69. The molecule has 11 nitrogen and oxygen atoms in total. The molecule has 8 N–H and O–H groups in total. The number of carbonyl (C=O) groups is 4. The van der Waals surface area contributed by atoms with Crippen molar-refractivity contribution < 1.29 is 19.2 Å². The largest absolute Gasteiger partial charge is 0.370 e. The number of hydrogen-bond donors (Lipinski definition) is 6. The van der Waals surface area contributed by atoms with Gasteiger partial charge in [-0.2, -0.15) is 0 Å². The molecule has 0 aromatic heterocycles. The summed E-state index contributed by atoms with van der Waals surface area (Å²) in [7, 11) is 2.02. The molecule has 0 bridgehead atoms. The number of ketones is 1. The molecular weight excluding hydrogens is 833 g/mol. The van der Waals surface area contributed by atoms with Crippen LogP contribution in [0.25, 0.3) is 0 Å². The smallest absolute Gasteiger partial charge is 0.243 e. The van der Waals surface area contributed by atoms with E-state index in [4.69, 9.17) is 11.5 Å². The Kier molecular flexibility index (Phi) is 64.3. The highest BCUT2D eigenvalue weighted by Crippen LogP contribution is 2.11. The fourth-order valence-corrected chi connectivity index (χ4v) is 5.55. The van der Waals surface area contributed by atoms with Crippen molar-refractivity contribution in [3.8, 4) is 0 Å². The van der Waals surface area contributed by atoms with Gasteiger partial charge in [0.25, 0.3) is 0 Å². The summed E-state index contributed by atoms with van der Waals surface area (Å²) in [5.74, 6) is -1.41. The number of aryl methyl sites for hydroxylation is 1. The molecule has 0 spiro atoms. The predicted molar refractivity (Wildman–Crippen MR) is 296 cm³/mol. The van der Waals surface area contributed by atoms with E-state index in [1.54, 1.807) is 0 Å². The number of hydrogen-bond acceptors (Lipinski definition) is 6. The van der Waals surface area contributed by atoms with Gasteiger partial charge in [0.1, 0.15) is 19.4 Å². The Balaban J connectivity index is -0.000000359. The first-order valence-electron chi connectivity index (χ1n) is 26.5. The summed E-state index contributed by atoms with van der Waals surface area (Å²) in [6, 6.07) is 14.2. The third-order valence-electron chi connectivity index (χ3n) is 9.03. The lowest BCUT2D eigenvalue weighted by Gasteiger charge is -2.26. The Bertz CT molecular complexity index is 1390. The van der Waals surface area contributed by atoms with E-state index in [1.807, 2.05) is 145 Å². The molecule has 4 atom stereocenters. The van der Waals surface area contributed by atoms with Crippen LogP contribution in [0, 0.1) is 6.92 Å². The molecule has 12 heteroatoms. The van der Waals surface area contributed by atoms with Crippen LogP contribution in [0.5, 0.6) is 0 Å². The van der Waals surface area contributed by atoms with Gasteiger partial charge in [0, 0.05) is 19.4 Å². The number of Topliss-reactive ketones (excluding diaryl/α,β-unsaturated/α-hetero) is 1. The zero-order chi connectivity index (χ0) is 52.8. The van der Waals surface area contributed by atoms with Gasteiger partial charge in [-0.05, 0) is 50.3 Å². The average molecular weight is 941 g/mol. The maximum atomic E-state index is 13.9. The highest BCUT2D eigenvalue weighted by Gasteiger charge is 2.31. The molecule has 67 heavy (non-hydrogen) atoms. The second-order valence-corrected chi connectivity index (χ2v) is 14.6. The summed E-state index contributed by atoms with van der Waals surface area (Å²) in [5.41, 5.74) is 13.9. The van der Waals surface area contributed by atoms with Crippen molar-refractivity contribution in [3.05, 3.63) is 71.3 Å². The van der Waals surface area contributed by atoms with E-state index >= 15 is 0 Å². The number of nitrogens with zero attached hydrogens (tertiary/aromatic N) is 1. The fourth-order valence-electron chi connectivity index (χ4n) is 5.55. The third-order valence-corrected chi connectivity index (χ3v) is 9.03. The van der Waals surface area contributed by atoms with Crippen LogP contribution in [0.3, 0.4) is 0 Å². The van der Waals surface area contributed by atoms with E-state index in [-0.39, 0.29) is 43.5 Å². The van der Waals surface area contributed by atoms with Crippen LogP contribution in [0.15, 0.2) is 59.6 Å². The number of rotatable bonds is 12. The fraction of sp³-hybridized carbons (Fsp3) is 0.691. The van der Waals surface area contributed by atoms with Crippen molar-refractivity contribution >= 4 is 36.7 Å². The van der Waals surface area contributed by atoms with Crippen molar-refractivity contribution in [2.75, 3.05) is 13.1 Å². The molecule has 1 radical (unpaired) electrons. The zero-order valence-electron chi connectivity index (χ0n) is 46.6. The van der Waals surface area contributed by atoms with E-state index < -0.39 is 36.0 Å². The van der Waals surface area contributed by atoms with Crippen molar-refractivity contribution in [1.82, 2.24) is 21.3 Å².